The molecular formula is C31H32ClNO4S. The van der Waals surface area contributed by atoms with Gasteiger partial charge in [0.2, 0.25) is 0 Å². The summed E-state index contributed by atoms with van der Waals surface area (Å²) in [7, 11) is 0. The van der Waals surface area contributed by atoms with Gasteiger partial charge in [0.25, 0.3) is 5.56 Å². The van der Waals surface area contributed by atoms with Gasteiger partial charge in [-0.1, -0.05) is 49.2 Å². The second-order valence-corrected chi connectivity index (χ2v) is 12.5. The van der Waals surface area contributed by atoms with Crippen LogP contribution in [0.2, 0.25) is 5.02 Å². The summed E-state index contributed by atoms with van der Waals surface area (Å²) in [5.74, 6) is 0.400. The van der Waals surface area contributed by atoms with Crippen molar-refractivity contribution in [2.45, 2.75) is 80.0 Å². The Kier molecular flexibility index (Phi) is 6.59. The predicted molar refractivity (Wildman–Crippen MR) is 151 cm³/mol. The zero-order valence-corrected chi connectivity index (χ0v) is 23.3. The Labute approximate surface area is 232 Å². The molecule has 198 valence electrons. The van der Waals surface area contributed by atoms with Crippen LogP contribution in [0, 0.1) is 6.92 Å². The largest absolute Gasteiger partial charge is 0.493 e. The molecule has 0 spiro atoms. The average molecular weight is 550 g/mol. The molecule has 2 heterocycles. The molecule has 7 heteroatoms. The Bertz CT molecular complexity index is 1480. The van der Waals surface area contributed by atoms with Crippen molar-refractivity contribution in [1.29, 1.82) is 0 Å². The topological polar surface area (TPSA) is 68.5 Å². The maximum absolute atomic E-state index is 13.6. The first kappa shape index (κ1) is 25.6. The van der Waals surface area contributed by atoms with E-state index in [1.54, 1.807) is 22.4 Å². The van der Waals surface area contributed by atoms with Gasteiger partial charge in [-0.2, -0.15) is 0 Å². The zero-order valence-electron chi connectivity index (χ0n) is 21.7. The van der Waals surface area contributed by atoms with Gasteiger partial charge in [-0.25, -0.2) is 4.79 Å². The molecule has 0 radical (unpaired) electrons. The van der Waals surface area contributed by atoms with Crippen LogP contribution in [0.1, 0.15) is 78.7 Å². The second kappa shape index (κ2) is 9.80. The number of fused-ring (bicyclic) bond motifs is 3. The number of aromatic nitrogens is 1. The number of rotatable bonds is 9. The third kappa shape index (κ3) is 4.17. The van der Waals surface area contributed by atoms with Gasteiger partial charge in [0.15, 0.2) is 5.54 Å². The number of nitrogens with zero attached hydrogens (tertiary/aromatic N) is 1. The lowest BCUT2D eigenvalue weighted by Crippen LogP contribution is -2.61. The maximum atomic E-state index is 13.6. The van der Waals surface area contributed by atoms with Gasteiger partial charge < -0.3 is 9.84 Å². The molecule has 1 aliphatic heterocycles. The second-order valence-electron chi connectivity index (χ2n) is 10.9. The normalized spacial score (nSPS) is 23.4. The number of carboxylic acid groups (broad SMARTS) is 1. The number of thioether (sulfide) groups is 1. The third-order valence-corrected chi connectivity index (χ3v) is 10.2. The van der Waals surface area contributed by atoms with Gasteiger partial charge in [-0.05, 0) is 91.0 Å². The highest BCUT2D eigenvalue weighted by Crippen LogP contribution is 2.64. The Hall–Kier alpha value is -2.70. The van der Waals surface area contributed by atoms with Gasteiger partial charge >= 0.3 is 5.97 Å². The van der Waals surface area contributed by atoms with Gasteiger partial charge in [0, 0.05) is 17.0 Å². The SMILES string of the molecule is CCCCOc1ccc(Cc2cc(=O)n3c(c2C2CC2)SC2[C@H](c4cccc(Cl)c4)CC23C(=O)O)cc1C. The van der Waals surface area contributed by atoms with E-state index in [2.05, 4.69) is 26.0 Å². The van der Waals surface area contributed by atoms with E-state index in [-0.39, 0.29) is 16.7 Å². The van der Waals surface area contributed by atoms with E-state index in [0.29, 0.717) is 30.4 Å². The van der Waals surface area contributed by atoms with Crippen LogP contribution in [0.5, 0.6) is 5.75 Å². The van der Waals surface area contributed by atoms with Gasteiger partial charge in [-0.15, -0.1) is 11.8 Å². The van der Waals surface area contributed by atoms with Crippen molar-refractivity contribution in [3.05, 3.63) is 91.7 Å². The minimum atomic E-state index is -1.21. The molecule has 3 aliphatic rings. The van der Waals surface area contributed by atoms with Crippen molar-refractivity contribution in [2.24, 2.45) is 0 Å². The van der Waals surface area contributed by atoms with Gasteiger partial charge in [-0.3, -0.25) is 9.36 Å². The summed E-state index contributed by atoms with van der Waals surface area (Å²) in [6.45, 7) is 4.92. The lowest BCUT2D eigenvalue weighted by Gasteiger charge is -2.48. The number of hydrogen-bond donors (Lipinski definition) is 1. The van der Waals surface area contributed by atoms with Crippen molar-refractivity contribution in [2.75, 3.05) is 6.61 Å². The predicted octanol–water partition coefficient (Wildman–Crippen LogP) is 6.90. The maximum Gasteiger partial charge on any atom is 0.331 e. The Morgan fingerprint density at radius 3 is 2.71 bits per heavy atom. The molecule has 6 rings (SSSR count). The van der Waals surface area contributed by atoms with Crippen LogP contribution in [-0.2, 0) is 16.8 Å². The molecule has 38 heavy (non-hydrogen) atoms. The van der Waals surface area contributed by atoms with Crippen molar-refractivity contribution >= 4 is 29.3 Å². The Balaban J connectivity index is 1.37. The quantitative estimate of drug-likeness (QED) is 0.294. The number of unbranched alkanes of at least 4 members (excludes halogenated alkanes) is 1. The number of carbonyl (C=O) groups is 1. The number of hydrogen-bond acceptors (Lipinski definition) is 4. The third-order valence-electron chi connectivity index (χ3n) is 8.32. The fourth-order valence-electron chi connectivity index (χ4n) is 6.21. The zero-order chi connectivity index (χ0) is 26.6. The lowest BCUT2D eigenvalue weighted by molar-refractivity contribution is -0.153. The fourth-order valence-corrected chi connectivity index (χ4v) is 8.35. The standard InChI is InChI=1S/C31H32ClNO4S/c1-3-4-12-37-25-11-8-19(13-18(25)2)14-22-16-26(34)33-29(27(22)20-9-10-20)38-28-24(17-31(28,33)30(35)36)21-6-5-7-23(32)15-21/h5-8,11,13,15-16,20,24,28H,3-4,9-10,12,14,17H2,1-2H3,(H,35,36)/t24-,28?,31?/m0/s1. The summed E-state index contributed by atoms with van der Waals surface area (Å²) in [5.41, 5.74) is 4.04. The van der Waals surface area contributed by atoms with Crippen LogP contribution in [-0.4, -0.2) is 27.5 Å². The van der Waals surface area contributed by atoms with Crippen LogP contribution < -0.4 is 10.3 Å². The lowest BCUT2D eigenvalue weighted by atomic mass is 9.64. The van der Waals surface area contributed by atoms with E-state index in [1.165, 1.54) is 5.56 Å². The first-order chi connectivity index (χ1) is 18.3. The first-order valence-corrected chi connectivity index (χ1v) is 14.8. The monoisotopic (exact) mass is 549 g/mol. The molecule has 2 aliphatic carbocycles. The van der Waals surface area contributed by atoms with Crippen molar-refractivity contribution in [1.82, 2.24) is 4.57 Å². The van der Waals surface area contributed by atoms with E-state index < -0.39 is 11.5 Å². The molecule has 1 aromatic heterocycles. The van der Waals surface area contributed by atoms with Gasteiger partial charge in [0.1, 0.15) is 5.75 Å². The number of ether oxygens (including phenoxy) is 1. The fraction of sp³-hybridized carbons (Fsp3) is 0.419. The molecule has 1 N–H and O–H groups in total. The van der Waals surface area contributed by atoms with Crippen LogP contribution in [0.4, 0.5) is 0 Å². The van der Waals surface area contributed by atoms with Crippen LogP contribution in [0.25, 0.3) is 0 Å². The molecular weight excluding hydrogens is 518 g/mol. The summed E-state index contributed by atoms with van der Waals surface area (Å²) in [5, 5.41) is 11.7. The minimum absolute atomic E-state index is 0.0347. The number of carboxylic acids is 1. The Morgan fingerprint density at radius 1 is 1.21 bits per heavy atom. The van der Waals surface area contributed by atoms with Crippen LogP contribution >= 0.6 is 23.4 Å². The number of benzene rings is 2. The van der Waals surface area contributed by atoms with Crippen molar-refractivity contribution in [3.63, 3.8) is 0 Å². The molecule has 3 atom stereocenters. The first-order valence-electron chi connectivity index (χ1n) is 13.5. The number of pyridine rings is 1. The minimum Gasteiger partial charge on any atom is -0.493 e. The highest BCUT2D eigenvalue weighted by molar-refractivity contribution is 8.00. The Morgan fingerprint density at radius 2 is 2.03 bits per heavy atom. The van der Waals surface area contributed by atoms with E-state index in [0.717, 1.165) is 58.7 Å². The number of aliphatic carboxylic acids is 1. The molecule has 2 saturated carbocycles. The van der Waals surface area contributed by atoms with E-state index in [1.807, 2.05) is 30.3 Å². The highest BCUT2D eigenvalue weighted by atomic mass is 35.5. The molecule has 2 fully saturated rings. The molecule has 3 aromatic rings. The highest BCUT2D eigenvalue weighted by Gasteiger charge is 2.66. The van der Waals surface area contributed by atoms with Crippen LogP contribution in [0.3, 0.4) is 0 Å². The molecule has 2 unspecified atom stereocenters. The molecule has 2 aromatic carbocycles. The summed E-state index contributed by atoms with van der Waals surface area (Å²) >= 11 is 7.86. The van der Waals surface area contributed by atoms with Gasteiger partial charge in [0.05, 0.1) is 16.9 Å². The van der Waals surface area contributed by atoms with Crippen molar-refractivity contribution < 1.29 is 14.6 Å². The number of halogens is 1. The number of aryl methyl sites for hydroxylation is 1. The molecule has 0 bridgehead atoms. The smallest absolute Gasteiger partial charge is 0.331 e. The van der Waals surface area contributed by atoms with Crippen molar-refractivity contribution in [3.8, 4) is 5.75 Å². The average Bonchev–Trinajstić information content (AvgIpc) is 3.66. The van der Waals surface area contributed by atoms with E-state index in [4.69, 9.17) is 16.3 Å². The summed E-state index contributed by atoms with van der Waals surface area (Å²) in [4.78, 5) is 26.4. The molecule has 0 amide bonds. The summed E-state index contributed by atoms with van der Waals surface area (Å²) in [6, 6.07) is 15.6. The van der Waals surface area contributed by atoms with Crippen LogP contribution in [0.15, 0.2) is 58.4 Å². The molecule has 5 nitrogen and oxygen atoms in total. The summed E-state index contributed by atoms with van der Waals surface area (Å²) in [6.07, 6.45) is 5.31. The molecule has 0 saturated heterocycles. The van der Waals surface area contributed by atoms with E-state index in [9.17, 15) is 14.7 Å². The van der Waals surface area contributed by atoms with E-state index >= 15 is 0 Å². The summed E-state index contributed by atoms with van der Waals surface area (Å²) < 4.78 is 7.56.